The van der Waals surface area contributed by atoms with Crippen LogP contribution in [-0.4, -0.2) is 5.78 Å². The molecule has 1 nitrogen and oxygen atoms in total. The highest BCUT2D eigenvalue weighted by molar-refractivity contribution is 5.95. The van der Waals surface area contributed by atoms with E-state index < -0.39 is 0 Å². The number of Topliss-reactive ketones (excluding diaryl/α,β-unsaturated/α-hetero) is 1. The second-order valence-corrected chi connectivity index (χ2v) is 4.84. The molecule has 0 fully saturated rings. The highest BCUT2D eigenvalue weighted by Crippen LogP contribution is 2.24. The summed E-state index contributed by atoms with van der Waals surface area (Å²) in [6.45, 7) is 10.1. The molecule has 1 aromatic rings. The van der Waals surface area contributed by atoms with Gasteiger partial charge in [0.15, 0.2) is 5.78 Å². The Hall–Kier alpha value is -1.11. The Morgan fingerprint density at radius 2 is 1.73 bits per heavy atom. The molecule has 84 valence electrons. The van der Waals surface area contributed by atoms with Crippen LogP contribution in [0.5, 0.6) is 0 Å². The first-order chi connectivity index (χ1) is 6.32. The summed E-state index contributed by atoms with van der Waals surface area (Å²) in [6.07, 6.45) is 0. The van der Waals surface area contributed by atoms with Crippen LogP contribution in [0.3, 0.4) is 0 Å². The Labute approximate surface area is 93.5 Å². The van der Waals surface area contributed by atoms with Gasteiger partial charge in [-0.2, -0.15) is 0 Å². The molecule has 0 aliphatic heterocycles. The van der Waals surface area contributed by atoms with E-state index in [-0.39, 0.29) is 18.6 Å². The maximum absolute atomic E-state index is 11.2. The highest BCUT2D eigenvalue weighted by Gasteiger charge is 2.15. The summed E-state index contributed by atoms with van der Waals surface area (Å²) >= 11 is 0. The number of carbonyl (C=O) groups excluding carboxylic acids is 1. The van der Waals surface area contributed by atoms with Gasteiger partial charge in [-0.05, 0) is 30.4 Å². The smallest absolute Gasteiger partial charge is 0.160 e. The SMILES string of the molecule is C.CC(=O)c1ccc(C(C)(C)C)cc1C. The number of hydrogen-bond acceptors (Lipinski definition) is 1. The predicted octanol–water partition coefficient (Wildman–Crippen LogP) is 4.13. The fourth-order valence-corrected chi connectivity index (χ4v) is 1.53. The summed E-state index contributed by atoms with van der Waals surface area (Å²) in [7, 11) is 0. The summed E-state index contributed by atoms with van der Waals surface area (Å²) in [4.78, 5) is 11.2. The summed E-state index contributed by atoms with van der Waals surface area (Å²) in [6, 6.07) is 6.08. The monoisotopic (exact) mass is 206 g/mol. The van der Waals surface area contributed by atoms with Crippen LogP contribution in [0, 0.1) is 6.92 Å². The van der Waals surface area contributed by atoms with Crippen molar-refractivity contribution in [2.45, 2.75) is 47.5 Å². The third-order valence-electron chi connectivity index (χ3n) is 2.47. The van der Waals surface area contributed by atoms with Gasteiger partial charge in [0.2, 0.25) is 0 Å². The van der Waals surface area contributed by atoms with E-state index in [9.17, 15) is 4.79 Å². The van der Waals surface area contributed by atoms with Gasteiger partial charge in [0.1, 0.15) is 0 Å². The van der Waals surface area contributed by atoms with Crippen LogP contribution >= 0.6 is 0 Å². The van der Waals surface area contributed by atoms with Crippen molar-refractivity contribution in [3.8, 4) is 0 Å². The standard InChI is InChI=1S/C13H18O.CH4/c1-9-8-11(13(3,4)5)6-7-12(9)10(2)14;/h6-8H,1-5H3;1H4. The first-order valence-corrected chi connectivity index (χ1v) is 4.94. The van der Waals surface area contributed by atoms with E-state index in [1.807, 2.05) is 19.1 Å². The first kappa shape index (κ1) is 13.9. The lowest BCUT2D eigenvalue weighted by molar-refractivity contribution is 0.101. The molecule has 1 rings (SSSR count). The minimum absolute atomic E-state index is 0. The second kappa shape index (κ2) is 4.61. The number of benzene rings is 1. The third kappa shape index (κ3) is 3.19. The quantitative estimate of drug-likeness (QED) is 0.631. The molecule has 0 radical (unpaired) electrons. The van der Waals surface area contributed by atoms with Crippen molar-refractivity contribution in [2.75, 3.05) is 0 Å². The van der Waals surface area contributed by atoms with Gasteiger partial charge in [0.25, 0.3) is 0 Å². The summed E-state index contributed by atoms with van der Waals surface area (Å²) in [5.74, 6) is 0.142. The van der Waals surface area contributed by atoms with Crippen molar-refractivity contribution in [2.24, 2.45) is 0 Å². The van der Waals surface area contributed by atoms with Crippen molar-refractivity contribution >= 4 is 5.78 Å². The Morgan fingerprint density at radius 1 is 1.20 bits per heavy atom. The molecule has 0 N–H and O–H groups in total. The number of carbonyl (C=O) groups is 1. The molecule has 0 aliphatic rings. The number of ketones is 1. The van der Waals surface area contributed by atoms with E-state index in [1.54, 1.807) is 6.92 Å². The lowest BCUT2D eigenvalue weighted by Gasteiger charge is -2.20. The molecule has 0 bridgehead atoms. The molecular formula is C14H22O. The Balaban J connectivity index is 0.00000196. The fourth-order valence-electron chi connectivity index (χ4n) is 1.53. The zero-order chi connectivity index (χ0) is 10.9. The molecule has 1 aromatic carbocycles. The molecule has 0 heterocycles. The van der Waals surface area contributed by atoms with Gasteiger partial charge in [-0.15, -0.1) is 0 Å². The molecule has 0 saturated carbocycles. The number of rotatable bonds is 1. The molecule has 0 saturated heterocycles. The largest absolute Gasteiger partial charge is 0.295 e. The van der Waals surface area contributed by atoms with Crippen LogP contribution < -0.4 is 0 Å². The lowest BCUT2D eigenvalue weighted by Crippen LogP contribution is -2.12. The van der Waals surface area contributed by atoms with E-state index >= 15 is 0 Å². The van der Waals surface area contributed by atoms with Gasteiger partial charge in [0, 0.05) is 5.56 Å². The van der Waals surface area contributed by atoms with Gasteiger partial charge in [-0.25, -0.2) is 0 Å². The topological polar surface area (TPSA) is 17.1 Å². The molecule has 0 unspecified atom stereocenters. The van der Waals surface area contributed by atoms with Crippen molar-refractivity contribution in [3.63, 3.8) is 0 Å². The van der Waals surface area contributed by atoms with E-state index in [0.29, 0.717) is 0 Å². The second-order valence-electron chi connectivity index (χ2n) is 4.84. The molecule has 0 aliphatic carbocycles. The van der Waals surface area contributed by atoms with Crippen LogP contribution in [0.25, 0.3) is 0 Å². The minimum Gasteiger partial charge on any atom is -0.295 e. The van der Waals surface area contributed by atoms with Crippen LogP contribution in [0.4, 0.5) is 0 Å². The van der Waals surface area contributed by atoms with Crippen molar-refractivity contribution in [1.29, 1.82) is 0 Å². The van der Waals surface area contributed by atoms with E-state index in [0.717, 1.165) is 11.1 Å². The van der Waals surface area contributed by atoms with Gasteiger partial charge < -0.3 is 0 Å². The van der Waals surface area contributed by atoms with Gasteiger partial charge in [-0.3, -0.25) is 4.79 Å². The van der Waals surface area contributed by atoms with Gasteiger partial charge >= 0.3 is 0 Å². The average molecular weight is 206 g/mol. The van der Waals surface area contributed by atoms with Crippen molar-refractivity contribution in [1.82, 2.24) is 0 Å². The molecule has 1 heteroatoms. The maximum atomic E-state index is 11.2. The molecule has 15 heavy (non-hydrogen) atoms. The average Bonchev–Trinajstić information content (AvgIpc) is 2.01. The Morgan fingerprint density at radius 3 is 2.07 bits per heavy atom. The van der Waals surface area contributed by atoms with E-state index in [4.69, 9.17) is 0 Å². The fraction of sp³-hybridized carbons (Fsp3) is 0.500. The van der Waals surface area contributed by atoms with Crippen LogP contribution in [0.15, 0.2) is 18.2 Å². The van der Waals surface area contributed by atoms with Crippen LogP contribution in [0.1, 0.15) is 56.6 Å². The molecule has 0 spiro atoms. The van der Waals surface area contributed by atoms with E-state index in [1.165, 1.54) is 5.56 Å². The zero-order valence-electron chi connectivity index (χ0n) is 9.64. The molecule has 0 amide bonds. The summed E-state index contributed by atoms with van der Waals surface area (Å²) < 4.78 is 0. The number of hydrogen-bond donors (Lipinski definition) is 0. The van der Waals surface area contributed by atoms with E-state index in [2.05, 4.69) is 26.8 Å². The van der Waals surface area contributed by atoms with Crippen LogP contribution in [-0.2, 0) is 5.41 Å². The van der Waals surface area contributed by atoms with Crippen molar-refractivity contribution < 1.29 is 4.79 Å². The maximum Gasteiger partial charge on any atom is 0.160 e. The molecule has 0 aromatic heterocycles. The predicted molar refractivity (Wildman–Crippen MR) is 66.6 cm³/mol. The van der Waals surface area contributed by atoms with Crippen LogP contribution in [0.2, 0.25) is 0 Å². The Kier molecular flexibility index (Phi) is 4.27. The first-order valence-electron chi connectivity index (χ1n) is 4.94. The summed E-state index contributed by atoms with van der Waals surface area (Å²) in [5, 5.41) is 0. The zero-order valence-corrected chi connectivity index (χ0v) is 9.64. The van der Waals surface area contributed by atoms with Crippen molar-refractivity contribution in [3.05, 3.63) is 34.9 Å². The third-order valence-corrected chi connectivity index (χ3v) is 2.47. The summed E-state index contributed by atoms with van der Waals surface area (Å²) in [5.41, 5.74) is 3.34. The van der Waals surface area contributed by atoms with Gasteiger partial charge in [-0.1, -0.05) is 46.4 Å². The van der Waals surface area contributed by atoms with Gasteiger partial charge in [0.05, 0.1) is 0 Å². The molecular weight excluding hydrogens is 184 g/mol. The minimum atomic E-state index is 0. The normalized spacial score (nSPS) is 10.7. The lowest BCUT2D eigenvalue weighted by atomic mass is 9.85. The Bertz CT molecular complexity index is 356. The molecule has 0 atom stereocenters. The highest BCUT2D eigenvalue weighted by atomic mass is 16.1. The number of aryl methyl sites for hydroxylation is 1.